The fraction of sp³-hybridized carbons (Fsp3) is 0.400. The van der Waals surface area contributed by atoms with Crippen LogP contribution < -0.4 is 20.7 Å². The maximum atomic E-state index is 13.1. The molecule has 1 saturated carbocycles. The Balaban J connectivity index is 1.75. The van der Waals surface area contributed by atoms with E-state index in [9.17, 15) is 4.79 Å². The molecule has 3 rings (SSSR count). The number of rotatable bonds is 7. The number of nitriles is 1. The van der Waals surface area contributed by atoms with Gasteiger partial charge in [0.15, 0.2) is 0 Å². The lowest BCUT2D eigenvalue weighted by Gasteiger charge is -2.41. The van der Waals surface area contributed by atoms with Crippen molar-refractivity contribution >= 4 is 34.5 Å². The van der Waals surface area contributed by atoms with Crippen molar-refractivity contribution in [2.24, 2.45) is 4.99 Å². The van der Waals surface area contributed by atoms with Crippen LogP contribution in [0.25, 0.3) is 0 Å². The summed E-state index contributed by atoms with van der Waals surface area (Å²) < 4.78 is 6.34. The molecule has 2 aromatic carbocycles. The van der Waals surface area contributed by atoms with Crippen LogP contribution in [0.4, 0.5) is 0 Å². The van der Waals surface area contributed by atoms with Crippen molar-refractivity contribution in [1.29, 1.82) is 5.26 Å². The minimum atomic E-state index is -0.156. The topological polar surface area (TPSA) is 98.5 Å². The van der Waals surface area contributed by atoms with Crippen LogP contribution >= 0.6 is 22.6 Å². The van der Waals surface area contributed by atoms with Crippen molar-refractivity contribution in [2.75, 3.05) is 20.7 Å². The number of carbonyl (C=O) groups excluding carboxylic acids is 1. The number of nitrogens with one attached hydrogen (secondary N) is 3. The summed E-state index contributed by atoms with van der Waals surface area (Å²) in [5.74, 6) is 0.964. The summed E-state index contributed by atoms with van der Waals surface area (Å²) in [5.41, 5.74) is 2.75. The maximum absolute atomic E-state index is 13.1. The first-order chi connectivity index (χ1) is 16.0. The van der Waals surface area contributed by atoms with E-state index < -0.39 is 0 Å². The quantitative estimate of drug-likeness (QED) is 0.157. The monoisotopic (exact) mass is 559 g/mol. The van der Waals surface area contributed by atoms with E-state index in [1.165, 1.54) is 5.56 Å². The summed E-state index contributed by atoms with van der Waals surface area (Å²) in [5, 5.41) is 18.3. The summed E-state index contributed by atoms with van der Waals surface area (Å²) in [7, 11) is 3.34. The molecule has 33 heavy (non-hydrogen) atoms. The average Bonchev–Trinajstić information content (AvgIpc) is 2.88. The van der Waals surface area contributed by atoms with Crippen molar-refractivity contribution in [1.82, 2.24) is 16.0 Å². The normalized spacial score (nSPS) is 20.4. The van der Waals surface area contributed by atoms with E-state index >= 15 is 0 Å². The van der Waals surface area contributed by atoms with E-state index in [0.29, 0.717) is 23.8 Å². The highest BCUT2D eigenvalue weighted by molar-refractivity contribution is 14.1. The second kappa shape index (κ2) is 11.9. The molecule has 2 aromatic rings. The number of carbonyl (C=O) groups is 1. The summed E-state index contributed by atoms with van der Waals surface area (Å²) in [6, 6.07) is 16.4. The molecule has 1 aliphatic carbocycles. The second-order valence-corrected chi connectivity index (χ2v) is 8.99. The molecule has 0 saturated heterocycles. The number of nitrogens with zero attached hydrogens (tertiary/aromatic N) is 2. The highest BCUT2D eigenvalue weighted by Crippen LogP contribution is 2.39. The number of guanidine groups is 1. The van der Waals surface area contributed by atoms with Gasteiger partial charge in [0.2, 0.25) is 12.2 Å². The number of amides is 1. The van der Waals surface area contributed by atoms with E-state index in [1.54, 1.807) is 14.2 Å². The van der Waals surface area contributed by atoms with Gasteiger partial charge in [0, 0.05) is 29.5 Å². The number of halogens is 1. The van der Waals surface area contributed by atoms with Gasteiger partial charge in [-0.1, -0.05) is 59.0 Å². The Bertz CT molecular complexity index is 1010. The number of aliphatic imine (C=N–C) groups is 1. The average molecular weight is 559 g/mol. The van der Waals surface area contributed by atoms with Crippen molar-refractivity contribution in [3.63, 3.8) is 0 Å². The molecular weight excluding hydrogens is 529 g/mol. The van der Waals surface area contributed by atoms with Crippen LogP contribution in [0.3, 0.4) is 0 Å². The van der Waals surface area contributed by atoms with E-state index in [1.807, 2.05) is 42.6 Å². The van der Waals surface area contributed by atoms with Crippen LogP contribution in [-0.2, 0) is 9.84 Å². The van der Waals surface area contributed by atoms with Crippen LogP contribution in [0, 0.1) is 11.5 Å². The summed E-state index contributed by atoms with van der Waals surface area (Å²) >= 11 is 2.30. The van der Waals surface area contributed by atoms with E-state index in [0.717, 1.165) is 35.7 Å². The molecule has 174 valence electrons. The van der Waals surface area contributed by atoms with E-state index in [2.05, 4.69) is 55.7 Å². The summed E-state index contributed by atoms with van der Waals surface area (Å²) in [4.78, 5) is 16.9. The molecule has 0 bridgehead atoms. The Kier molecular flexibility index (Phi) is 8.95. The van der Waals surface area contributed by atoms with Crippen molar-refractivity contribution in [2.45, 2.75) is 41.6 Å². The first-order valence-corrected chi connectivity index (χ1v) is 12.6. The number of benzene rings is 2. The van der Waals surface area contributed by atoms with E-state index in [4.69, 9.17) is 10.00 Å². The molecule has 7 nitrogen and oxygen atoms in total. The van der Waals surface area contributed by atoms with Gasteiger partial charge < -0.3 is 20.7 Å². The Hall–Kier alpha value is -2.80. The molecule has 1 amide bonds. The zero-order valence-corrected chi connectivity index (χ0v) is 21.2. The fourth-order valence-electron chi connectivity index (χ4n) is 4.43. The molecular formula is C25H30IN5O2. The minimum Gasteiger partial charge on any atom is -0.496 e. The summed E-state index contributed by atoms with van der Waals surface area (Å²) in [6.45, 7) is 0.547. The van der Waals surface area contributed by atoms with Crippen molar-refractivity contribution < 1.29 is 9.53 Å². The molecule has 0 aromatic heterocycles. The third-order valence-corrected chi connectivity index (χ3v) is 7.20. The SMILES string of the molecule is CN/C(=N\C#N)N[C@H]1CC[C@](CNC(=O)c2ccc(CI)cc2OC)(c2ccccc2)CC1. The van der Waals surface area contributed by atoms with Gasteiger partial charge in [0.1, 0.15) is 5.75 Å². The van der Waals surface area contributed by atoms with Gasteiger partial charge in [0.25, 0.3) is 5.91 Å². The lowest BCUT2D eigenvalue weighted by atomic mass is 9.68. The number of alkyl halides is 1. The van der Waals surface area contributed by atoms with Gasteiger partial charge in [-0.15, -0.1) is 4.99 Å². The van der Waals surface area contributed by atoms with Gasteiger partial charge in [-0.25, -0.2) is 0 Å². The third kappa shape index (κ3) is 6.16. The van der Waals surface area contributed by atoms with E-state index in [-0.39, 0.29) is 17.4 Å². The molecule has 0 radical (unpaired) electrons. The molecule has 1 aliphatic rings. The Labute approximate surface area is 209 Å². The smallest absolute Gasteiger partial charge is 0.255 e. The third-order valence-electron chi connectivity index (χ3n) is 6.32. The van der Waals surface area contributed by atoms with Crippen LogP contribution in [0.1, 0.15) is 47.2 Å². The Morgan fingerprint density at radius 1 is 1.24 bits per heavy atom. The first kappa shape index (κ1) is 24.8. The zero-order valence-electron chi connectivity index (χ0n) is 19.0. The van der Waals surface area contributed by atoms with Crippen LogP contribution in [0.2, 0.25) is 0 Å². The van der Waals surface area contributed by atoms with Crippen molar-refractivity contribution in [3.8, 4) is 11.9 Å². The van der Waals surface area contributed by atoms with Gasteiger partial charge in [0.05, 0.1) is 12.7 Å². The number of ether oxygens (including phenoxy) is 1. The summed E-state index contributed by atoms with van der Waals surface area (Å²) in [6.07, 6.45) is 5.45. The number of hydrogen-bond acceptors (Lipinski definition) is 4. The first-order valence-electron chi connectivity index (χ1n) is 11.0. The fourth-order valence-corrected chi connectivity index (χ4v) is 4.90. The predicted octanol–water partition coefficient (Wildman–Crippen LogP) is 3.89. The molecule has 0 atom stereocenters. The molecule has 0 spiro atoms. The lowest BCUT2D eigenvalue weighted by Crippen LogP contribution is -2.49. The van der Waals surface area contributed by atoms with Crippen LogP contribution in [0.15, 0.2) is 53.5 Å². The van der Waals surface area contributed by atoms with Gasteiger partial charge >= 0.3 is 0 Å². The van der Waals surface area contributed by atoms with Crippen LogP contribution in [-0.4, -0.2) is 38.6 Å². The molecule has 0 aliphatic heterocycles. The Morgan fingerprint density at radius 3 is 2.58 bits per heavy atom. The second-order valence-electron chi connectivity index (χ2n) is 8.23. The zero-order chi connectivity index (χ0) is 23.7. The highest BCUT2D eigenvalue weighted by Gasteiger charge is 2.37. The van der Waals surface area contributed by atoms with Gasteiger partial charge in [-0.3, -0.25) is 4.79 Å². The van der Waals surface area contributed by atoms with Gasteiger partial charge in [-0.2, -0.15) is 5.26 Å². The van der Waals surface area contributed by atoms with Crippen LogP contribution in [0.5, 0.6) is 5.75 Å². The van der Waals surface area contributed by atoms with Crippen molar-refractivity contribution in [3.05, 3.63) is 65.2 Å². The molecule has 1 fully saturated rings. The molecule has 3 N–H and O–H groups in total. The number of methoxy groups -OCH3 is 1. The van der Waals surface area contributed by atoms with Gasteiger partial charge in [-0.05, 0) is 48.9 Å². The molecule has 0 unspecified atom stereocenters. The largest absolute Gasteiger partial charge is 0.496 e. The lowest BCUT2D eigenvalue weighted by molar-refractivity contribution is 0.0932. The Morgan fingerprint density at radius 2 is 1.97 bits per heavy atom. The predicted molar refractivity (Wildman–Crippen MR) is 139 cm³/mol. The minimum absolute atomic E-state index is 0.124. The standard InChI is InChI=1S/C25H30IN5O2/c1-28-24(30-17-27)31-20-10-12-25(13-11-20,19-6-4-3-5-7-19)16-29-23(32)21-9-8-18(15-26)14-22(21)33-2/h3-9,14,20H,10-13,15-16H2,1-2H3,(H,29,32)(H2,28,30,31)/t20-,25-. The molecule has 8 heteroatoms. The highest BCUT2D eigenvalue weighted by atomic mass is 127. The number of hydrogen-bond donors (Lipinski definition) is 3. The maximum Gasteiger partial charge on any atom is 0.255 e. The molecule has 0 heterocycles.